The van der Waals surface area contributed by atoms with E-state index in [9.17, 15) is 29.7 Å². The number of benzene rings is 2. The number of H-pyrrole nitrogens is 2. The fraction of sp³-hybridized carbons (Fsp3) is 0.321. The van der Waals surface area contributed by atoms with Gasteiger partial charge in [-0.1, -0.05) is 6.92 Å². The van der Waals surface area contributed by atoms with E-state index in [-0.39, 0.29) is 36.7 Å². The monoisotopic (exact) mass is 535 g/mol. The highest BCUT2D eigenvalue weighted by molar-refractivity contribution is 5.90. The molecule has 0 fully saturated rings. The van der Waals surface area contributed by atoms with Crippen LogP contribution in [-0.4, -0.2) is 68.2 Å². The normalized spacial score (nSPS) is 12.8. The molecule has 2 atom stereocenters. The summed E-state index contributed by atoms with van der Waals surface area (Å²) in [6.45, 7) is 2.53. The zero-order valence-electron chi connectivity index (χ0n) is 21.6. The van der Waals surface area contributed by atoms with Crippen LogP contribution in [0.25, 0.3) is 21.8 Å². The quantitative estimate of drug-likeness (QED) is 0.129. The molecule has 0 spiro atoms. The van der Waals surface area contributed by atoms with Crippen molar-refractivity contribution >= 4 is 39.6 Å². The number of fused-ring (bicyclic) bond motifs is 2. The van der Waals surface area contributed by atoms with Gasteiger partial charge < -0.3 is 41.2 Å². The first-order valence-electron chi connectivity index (χ1n) is 12.9. The number of hydrogen-bond donors (Lipinski definition) is 8. The van der Waals surface area contributed by atoms with Gasteiger partial charge in [0.25, 0.3) is 0 Å². The minimum atomic E-state index is -1.04. The molecule has 2 aromatic carbocycles. The van der Waals surface area contributed by atoms with Gasteiger partial charge in [0, 0.05) is 53.6 Å². The molecular weight excluding hydrogens is 502 g/mol. The lowest BCUT2D eigenvalue weighted by molar-refractivity contribution is -0.139. The summed E-state index contributed by atoms with van der Waals surface area (Å²) in [5.41, 5.74) is 3.33. The van der Waals surface area contributed by atoms with Crippen molar-refractivity contribution < 1.29 is 29.7 Å². The van der Waals surface area contributed by atoms with E-state index >= 15 is 0 Å². The molecule has 4 aromatic rings. The lowest BCUT2D eigenvalue weighted by Gasteiger charge is -2.19. The number of nitrogens with one attached hydrogen (secondary N) is 5. The van der Waals surface area contributed by atoms with E-state index in [0.29, 0.717) is 19.5 Å². The highest BCUT2D eigenvalue weighted by Gasteiger charge is 2.24. The highest BCUT2D eigenvalue weighted by atomic mass is 16.4. The molecule has 0 aliphatic rings. The summed E-state index contributed by atoms with van der Waals surface area (Å²) in [5, 5.41) is 39.2. The number of aromatic amines is 2. The van der Waals surface area contributed by atoms with E-state index < -0.39 is 24.0 Å². The Hall–Kier alpha value is -4.51. The average molecular weight is 536 g/mol. The Kier molecular flexibility index (Phi) is 8.72. The van der Waals surface area contributed by atoms with Gasteiger partial charge >= 0.3 is 5.97 Å². The molecule has 11 nitrogen and oxygen atoms in total. The van der Waals surface area contributed by atoms with Gasteiger partial charge in [-0.25, -0.2) is 0 Å². The molecule has 206 valence electrons. The Morgan fingerprint density at radius 3 is 2.13 bits per heavy atom. The van der Waals surface area contributed by atoms with E-state index in [2.05, 4.69) is 25.9 Å². The number of carbonyl (C=O) groups excluding carboxylic acids is 2. The largest absolute Gasteiger partial charge is 0.508 e. The molecule has 0 aliphatic heterocycles. The van der Waals surface area contributed by atoms with Crippen LogP contribution in [0.15, 0.2) is 48.8 Å². The predicted molar refractivity (Wildman–Crippen MR) is 147 cm³/mol. The molecule has 2 amide bonds. The second-order valence-corrected chi connectivity index (χ2v) is 9.44. The summed E-state index contributed by atoms with van der Waals surface area (Å²) in [4.78, 5) is 43.7. The van der Waals surface area contributed by atoms with Gasteiger partial charge in [0.05, 0.1) is 0 Å². The number of likely N-dealkylation sites (N-methyl/N-ethyl adjacent to an activating group) is 1. The lowest BCUT2D eigenvalue weighted by atomic mass is 10.0. The van der Waals surface area contributed by atoms with Gasteiger partial charge in [-0.3, -0.25) is 14.4 Å². The number of aliphatic carboxylic acids is 1. The van der Waals surface area contributed by atoms with Gasteiger partial charge in [0.2, 0.25) is 11.8 Å². The first kappa shape index (κ1) is 27.5. The van der Waals surface area contributed by atoms with Crippen LogP contribution in [0.3, 0.4) is 0 Å². The number of phenolic OH excluding ortho intramolecular Hbond substituents is 2. The van der Waals surface area contributed by atoms with Crippen molar-refractivity contribution in [2.45, 2.75) is 44.7 Å². The van der Waals surface area contributed by atoms with E-state index in [0.717, 1.165) is 32.9 Å². The van der Waals surface area contributed by atoms with Crippen LogP contribution < -0.4 is 16.0 Å². The number of amides is 2. The Balaban J connectivity index is 1.45. The number of hydrogen-bond acceptors (Lipinski definition) is 6. The zero-order chi connectivity index (χ0) is 27.9. The number of carboxylic acid groups (broad SMARTS) is 1. The first-order chi connectivity index (χ1) is 18.7. The summed E-state index contributed by atoms with van der Waals surface area (Å²) in [6.07, 6.45) is 4.24. The fourth-order valence-corrected chi connectivity index (χ4v) is 4.68. The smallest absolute Gasteiger partial charge is 0.320 e. The van der Waals surface area contributed by atoms with Gasteiger partial charge in [-0.15, -0.1) is 0 Å². The van der Waals surface area contributed by atoms with Gasteiger partial charge in [-0.05, 0) is 66.9 Å². The van der Waals surface area contributed by atoms with Crippen LogP contribution in [-0.2, 0) is 27.2 Å². The van der Waals surface area contributed by atoms with Gasteiger partial charge in [0.1, 0.15) is 23.6 Å². The second-order valence-electron chi connectivity index (χ2n) is 9.44. The zero-order valence-corrected chi connectivity index (χ0v) is 21.6. The maximum absolute atomic E-state index is 13.3. The third-order valence-electron chi connectivity index (χ3n) is 6.68. The molecule has 2 heterocycles. The third-order valence-corrected chi connectivity index (χ3v) is 6.68. The number of carboxylic acids is 1. The molecule has 2 aromatic heterocycles. The second kappa shape index (κ2) is 12.4. The van der Waals surface area contributed by atoms with Crippen molar-refractivity contribution in [1.29, 1.82) is 0 Å². The van der Waals surface area contributed by atoms with Crippen molar-refractivity contribution in [2.24, 2.45) is 0 Å². The molecule has 0 aliphatic carbocycles. The van der Waals surface area contributed by atoms with Crippen molar-refractivity contribution in [2.75, 3.05) is 13.1 Å². The minimum Gasteiger partial charge on any atom is -0.508 e. The SMILES string of the molecule is CCN[C@@H](CCC(=O)N[C@@H](Cc1c[nH]c2ccc(O)cc12)C(=O)NCCc1c[nH]c2ccc(O)cc12)C(=O)O. The average Bonchev–Trinajstić information content (AvgIpc) is 3.49. The Morgan fingerprint density at radius 1 is 0.897 bits per heavy atom. The van der Waals surface area contributed by atoms with Crippen LogP contribution in [0.1, 0.15) is 30.9 Å². The molecule has 0 saturated carbocycles. The molecule has 0 unspecified atom stereocenters. The summed E-state index contributed by atoms with van der Waals surface area (Å²) >= 11 is 0. The van der Waals surface area contributed by atoms with Gasteiger partial charge in [-0.2, -0.15) is 0 Å². The topological polar surface area (TPSA) is 180 Å². The first-order valence-corrected chi connectivity index (χ1v) is 12.9. The fourth-order valence-electron chi connectivity index (χ4n) is 4.68. The molecule has 0 bridgehead atoms. The van der Waals surface area contributed by atoms with Crippen LogP contribution in [0.4, 0.5) is 0 Å². The Bertz CT molecular complexity index is 1480. The number of phenols is 2. The molecule has 0 saturated heterocycles. The highest BCUT2D eigenvalue weighted by Crippen LogP contribution is 2.25. The lowest BCUT2D eigenvalue weighted by Crippen LogP contribution is -2.48. The van der Waals surface area contributed by atoms with Crippen molar-refractivity contribution in [1.82, 2.24) is 25.9 Å². The number of aromatic nitrogens is 2. The van der Waals surface area contributed by atoms with Crippen molar-refractivity contribution in [3.05, 3.63) is 59.9 Å². The minimum absolute atomic E-state index is 0.0682. The van der Waals surface area contributed by atoms with Crippen molar-refractivity contribution in [3.8, 4) is 11.5 Å². The Morgan fingerprint density at radius 2 is 1.51 bits per heavy atom. The maximum atomic E-state index is 13.3. The summed E-state index contributed by atoms with van der Waals surface area (Å²) in [5.74, 6) is -1.63. The molecule has 11 heteroatoms. The van der Waals surface area contributed by atoms with Gasteiger partial charge in [0.15, 0.2) is 0 Å². The van der Waals surface area contributed by atoms with E-state index in [1.54, 1.807) is 49.5 Å². The number of rotatable bonds is 13. The summed E-state index contributed by atoms with van der Waals surface area (Å²) in [7, 11) is 0. The number of aromatic hydroxyl groups is 2. The summed E-state index contributed by atoms with van der Waals surface area (Å²) < 4.78 is 0. The molecular formula is C28H33N5O6. The van der Waals surface area contributed by atoms with Crippen LogP contribution in [0, 0.1) is 0 Å². The molecule has 4 rings (SSSR count). The molecule has 8 N–H and O–H groups in total. The predicted octanol–water partition coefficient (Wildman–Crippen LogP) is 2.29. The van der Waals surface area contributed by atoms with E-state index in [4.69, 9.17) is 0 Å². The van der Waals surface area contributed by atoms with E-state index in [1.165, 1.54) is 0 Å². The molecule has 0 radical (unpaired) electrons. The maximum Gasteiger partial charge on any atom is 0.320 e. The van der Waals surface area contributed by atoms with E-state index in [1.807, 2.05) is 6.20 Å². The summed E-state index contributed by atoms with van der Waals surface area (Å²) in [6, 6.07) is 8.14. The Labute approximate surface area is 224 Å². The van der Waals surface area contributed by atoms with Crippen LogP contribution in [0.2, 0.25) is 0 Å². The van der Waals surface area contributed by atoms with Crippen molar-refractivity contribution in [3.63, 3.8) is 0 Å². The van der Waals surface area contributed by atoms with Crippen LogP contribution in [0.5, 0.6) is 11.5 Å². The third kappa shape index (κ3) is 6.88. The standard InChI is InChI=1S/C28H33N5O6/c1-2-29-24(28(38)39)7-8-26(36)33-25(11-17-15-32-23-6-4-19(35)13-21(17)23)27(37)30-10-9-16-14-31-22-5-3-18(34)12-20(16)22/h3-6,12-15,24-25,29,31-32,34-35H,2,7-11H2,1H3,(H,30,37)(H,33,36)(H,38,39)/t24-,25-/m0/s1. The molecule has 39 heavy (non-hydrogen) atoms. The number of carbonyl (C=O) groups is 3. The van der Waals surface area contributed by atoms with Crippen LogP contribution >= 0.6 is 0 Å².